The molecule has 0 atom stereocenters. The topological polar surface area (TPSA) is 46.4 Å². The molecule has 4 nitrogen and oxygen atoms in total. The summed E-state index contributed by atoms with van der Waals surface area (Å²) in [6.07, 6.45) is 3.79. The summed E-state index contributed by atoms with van der Waals surface area (Å²) in [7, 11) is 0. The van der Waals surface area contributed by atoms with Crippen LogP contribution in [0.25, 0.3) is 5.69 Å². The Morgan fingerprint density at radius 1 is 1.00 bits per heavy atom. The predicted molar refractivity (Wildman–Crippen MR) is 96.9 cm³/mol. The number of hydrazone groups is 1. The Hall–Kier alpha value is -2.85. The van der Waals surface area contributed by atoms with Crippen molar-refractivity contribution in [1.29, 1.82) is 0 Å². The largest absolute Gasteiger partial charge is 0.323 e. The molecule has 3 aromatic rings. The van der Waals surface area contributed by atoms with Crippen molar-refractivity contribution in [1.82, 2.24) is 9.99 Å². The molecule has 2 aromatic carbocycles. The van der Waals surface area contributed by atoms with Gasteiger partial charge in [0.1, 0.15) is 0 Å². The first kappa shape index (κ1) is 16.0. The lowest BCUT2D eigenvalue weighted by Crippen LogP contribution is -2.21. The van der Waals surface area contributed by atoms with E-state index in [4.69, 9.17) is 11.6 Å². The van der Waals surface area contributed by atoms with Crippen molar-refractivity contribution in [3.8, 4) is 5.69 Å². The Balaban J connectivity index is 1.81. The molecule has 0 aliphatic heterocycles. The van der Waals surface area contributed by atoms with Gasteiger partial charge in [0.15, 0.2) is 0 Å². The maximum Gasteiger partial charge on any atom is 0.273 e. The van der Waals surface area contributed by atoms with Crippen molar-refractivity contribution in [2.24, 2.45) is 5.10 Å². The summed E-state index contributed by atoms with van der Waals surface area (Å²) in [6, 6.07) is 18.5. The van der Waals surface area contributed by atoms with Crippen molar-refractivity contribution in [3.63, 3.8) is 0 Å². The maximum atomic E-state index is 12.5. The lowest BCUT2D eigenvalue weighted by Gasteiger charge is -2.09. The van der Waals surface area contributed by atoms with Crippen LogP contribution in [-0.4, -0.2) is 16.2 Å². The van der Waals surface area contributed by atoms with Crippen LogP contribution in [0.2, 0.25) is 5.02 Å². The highest BCUT2D eigenvalue weighted by Gasteiger charge is 2.11. The standard InChI is InChI=1S/C19H16ClN3O/c1-14(15-8-10-16(20)11-9-15)21-22-19(24)17-6-2-3-7-18(17)23-12-4-5-13-23/h2-13H,1H3,(H,22,24)/b21-14+. The molecule has 0 aliphatic rings. The highest BCUT2D eigenvalue weighted by molar-refractivity contribution is 6.30. The molecular formula is C19H16ClN3O. The minimum absolute atomic E-state index is 0.257. The first-order valence-electron chi connectivity index (χ1n) is 7.48. The molecule has 1 amide bonds. The summed E-state index contributed by atoms with van der Waals surface area (Å²) in [5.41, 5.74) is 5.59. The average Bonchev–Trinajstić information content (AvgIpc) is 3.14. The number of benzene rings is 2. The lowest BCUT2D eigenvalue weighted by molar-refractivity contribution is 0.0955. The smallest absolute Gasteiger partial charge is 0.273 e. The SMILES string of the molecule is C/C(=N\NC(=O)c1ccccc1-n1cccc1)c1ccc(Cl)cc1. The Bertz CT molecular complexity index is 868. The van der Waals surface area contributed by atoms with E-state index >= 15 is 0 Å². The molecule has 0 radical (unpaired) electrons. The van der Waals surface area contributed by atoms with E-state index in [9.17, 15) is 4.79 Å². The molecule has 5 heteroatoms. The Kier molecular flexibility index (Phi) is 4.77. The van der Waals surface area contributed by atoms with Gasteiger partial charge in [0, 0.05) is 17.4 Å². The molecule has 0 aliphatic carbocycles. The van der Waals surface area contributed by atoms with E-state index in [1.807, 2.05) is 66.3 Å². The Morgan fingerprint density at radius 2 is 1.67 bits per heavy atom. The Labute approximate surface area is 145 Å². The molecule has 0 saturated carbocycles. The molecule has 1 heterocycles. The number of para-hydroxylation sites is 1. The molecule has 1 N–H and O–H groups in total. The molecular weight excluding hydrogens is 322 g/mol. The van der Waals surface area contributed by atoms with E-state index in [2.05, 4.69) is 10.5 Å². The number of aromatic nitrogens is 1. The van der Waals surface area contributed by atoms with E-state index in [-0.39, 0.29) is 5.91 Å². The summed E-state index contributed by atoms with van der Waals surface area (Å²) in [4.78, 5) is 12.5. The predicted octanol–water partition coefficient (Wildman–Crippen LogP) is 4.28. The minimum Gasteiger partial charge on any atom is -0.323 e. The average molecular weight is 338 g/mol. The lowest BCUT2D eigenvalue weighted by atomic mass is 10.1. The second-order valence-corrected chi connectivity index (χ2v) is 5.69. The number of halogens is 1. The zero-order valence-corrected chi connectivity index (χ0v) is 13.9. The first-order valence-corrected chi connectivity index (χ1v) is 7.86. The van der Waals surface area contributed by atoms with Gasteiger partial charge in [-0.25, -0.2) is 5.43 Å². The fourth-order valence-electron chi connectivity index (χ4n) is 2.34. The van der Waals surface area contributed by atoms with Gasteiger partial charge in [-0.3, -0.25) is 4.79 Å². The second kappa shape index (κ2) is 7.15. The van der Waals surface area contributed by atoms with Crippen LogP contribution in [0.3, 0.4) is 0 Å². The maximum absolute atomic E-state index is 12.5. The van der Waals surface area contributed by atoms with Crippen molar-refractivity contribution in [3.05, 3.63) is 89.2 Å². The zero-order chi connectivity index (χ0) is 16.9. The quantitative estimate of drug-likeness (QED) is 0.560. The Morgan fingerprint density at radius 3 is 2.38 bits per heavy atom. The first-order chi connectivity index (χ1) is 11.6. The van der Waals surface area contributed by atoms with Gasteiger partial charge < -0.3 is 4.57 Å². The van der Waals surface area contributed by atoms with Crippen LogP contribution >= 0.6 is 11.6 Å². The fraction of sp³-hybridized carbons (Fsp3) is 0.0526. The zero-order valence-electron chi connectivity index (χ0n) is 13.1. The van der Waals surface area contributed by atoms with E-state index in [1.54, 1.807) is 18.2 Å². The highest BCUT2D eigenvalue weighted by Crippen LogP contribution is 2.15. The monoisotopic (exact) mass is 337 g/mol. The molecule has 0 fully saturated rings. The third kappa shape index (κ3) is 3.55. The van der Waals surface area contributed by atoms with E-state index in [0.717, 1.165) is 11.3 Å². The van der Waals surface area contributed by atoms with Gasteiger partial charge >= 0.3 is 0 Å². The normalized spacial score (nSPS) is 11.3. The van der Waals surface area contributed by atoms with Crippen molar-refractivity contribution in [2.75, 3.05) is 0 Å². The number of hydrogen-bond acceptors (Lipinski definition) is 2. The number of nitrogens with one attached hydrogen (secondary N) is 1. The number of amides is 1. The fourth-order valence-corrected chi connectivity index (χ4v) is 2.46. The third-order valence-corrected chi connectivity index (χ3v) is 3.87. The van der Waals surface area contributed by atoms with E-state index in [1.165, 1.54) is 0 Å². The van der Waals surface area contributed by atoms with E-state index in [0.29, 0.717) is 16.3 Å². The van der Waals surface area contributed by atoms with Gasteiger partial charge in [-0.2, -0.15) is 5.10 Å². The summed E-state index contributed by atoms with van der Waals surface area (Å²) in [6.45, 7) is 1.83. The summed E-state index contributed by atoms with van der Waals surface area (Å²) >= 11 is 5.88. The van der Waals surface area contributed by atoms with Crippen molar-refractivity contribution in [2.45, 2.75) is 6.92 Å². The number of rotatable bonds is 4. The van der Waals surface area contributed by atoms with Gasteiger partial charge in [-0.1, -0.05) is 35.9 Å². The van der Waals surface area contributed by atoms with Crippen LogP contribution < -0.4 is 5.43 Å². The van der Waals surface area contributed by atoms with Gasteiger partial charge in [0.2, 0.25) is 0 Å². The van der Waals surface area contributed by atoms with Gasteiger partial charge in [0.25, 0.3) is 5.91 Å². The summed E-state index contributed by atoms with van der Waals surface area (Å²) in [5.74, 6) is -0.257. The molecule has 1 aromatic heterocycles. The highest BCUT2D eigenvalue weighted by atomic mass is 35.5. The molecule has 0 spiro atoms. The van der Waals surface area contributed by atoms with Crippen LogP contribution in [0.4, 0.5) is 0 Å². The van der Waals surface area contributed by atoms with Gasteiger partial charge in [-0.15, -0.1) is 0 Å². The van der Waals surface area contributed by atoms with Gasteiger partial charge in [0.05, 0.1) is 17.0 Å². The number of hydrogen-bond donors (Lipinski definition) is 1. The number of carbonyl (C=O) groups excluding carboxylic acids is 1. The summed E-state index contributed by atoms with van der Waals surface area (Å²) in [5, 5.41) is 4.85. The van der Waals surface area contributed by atoms with Crippen LogP contribution in [0, 0.1) is 0 Å². The second-order valence-electron chi connectivity index (χ2n) is 5.25. The summed E-state index contributed by atoms with van der Waals surface area (Å²) < 4.78 is 1.89. The molecule has 24 heavy (non-hydrogen) atoms. The van der Waals surface area contributed by atoms with Crippen LogP contribution in [0.1, 0.15) is 22.8 Å². The van der Waals surface area contributed by atoms with Crippen molar-refractivity contribution < 1.29 is 4.79 Å². The van der Waals surface area contributed by atoms with Crippen molar-refractivity contribution >= 4 is 23.2 Å². The number of carbonyl (C=O) groups is 1. The van der Waals surface area contributed by atoms with Gasteiger partial charge in [-0.05, 0) is 48.9 Å². The van der Waals surface area contributed by atoms with Crippen LogP contribution in [0.15, 0.2) is 78.2 Å². The van der Waals surface area contributed by atoms with Crippen LogP contribution in [0.5, 0.6) is 0 Å². The molecule has 0 saturated heterocycles. The number of nitrogens with zero attached hydrogens (tertiary/aromatic N) is 2. The minimum atomic E-state index is -0.257. The van der Waals surface area contributed by atoms with E-state index < -0.39 is 0 Å². The van der Waals surface area contributed by atoms with Crippen LogP contribution in [-0.2, 0) is 0 Å². The molecule has 3 rings (SSSR count). The third-order valence-electron chi connectivity index (χ3n) is 3.62. The molecule has 0 bridgehead atoms. The molecule has 120 valence electrons. The molecule has 0 unspecified atom stereocenters.